The van der Waals surface area contributed by atoms with E-state index in [4.69, 9.17) is 5.11 Å². The quantitative estimate of drug-likeness (QED) is 0.702. The first-order valence-corrected chi connectivity index (χ1v) is 8.14. The first kappa shape index (κ1) is 15.7. The van der Waals surface area contributed by atoms with Gasteiger partial charge in [0.25, 0.3) is 0 Å². The van der Waals surface area contributed by atoms with Crippen molar-refractivity contribution in [2.75, 3.05) is 0 Å². The molecule has 3 N–H and O–H groups in total. The lowest BCUT2D eigenvalue weighted by Crippen LogP contribution is -2.42. The van der Waals surface area contributed by atoms with Crippen molar-refractivity contribution in [3.63, 3.8) is 0 Å². The normalized spacial score (nSPS) is 13.0. The van der Waals surface area contributed by atoms with E-state index in [0.29, 0.717) is 5.69 Å². The van der Waals surface area contributed by atoms with E-state index in [-0.39, 0.29) is 11.3 Å². The number of benzene rings is 1. The van der Waals surface area contributed by atoms with Gasteiger partial charge in [-0.15, -0.1) is 0 Å². The van der Waals surface area contributed by atoms with Crippen molar-refractivity contribution in [1.82, 2.24) is 14.7 Å². The molecule has 1 atom stereocenters. The minimum atomic E-state index is -3.91. The highest BCUT2D eigenvalue weighted by molar-refractivity contribution is 9.10. The van der Waals surface area contributed by atoms with E-state index in [1.54, 1.807) is 12.1 Å². The van der Waals surface area contributed by atoms with E-state index in [0.717, 1.165) is 4.47 Å². The van der Waals surface area contributed by atoms with Crippen LogP contribution in [0.25, 0.3) is 0 Å². The highest BCUT2D eigenvalue weighted by Crippen LogP contribution is 2.15. The number of hydrogen-bond donors (Lipinski definition) is 3. The van der Waals surface area contributed by atoms with E-state index >= 15 is 0 Å². The molecule has 1 aromatic carbocycles. The van der Waals surface area contributed by atoms with Gasteiger partial charge >= 0.3 is 5.97 Å². The summed E-state index contributed by atoms with van der Waals surface area (Å²) in [5.41, 5.74) is 0.529. The summed E-state index contributed by atoms with van der Waals surface area (Å²) in [6.45, 7) is 0. The SMILES string of the molecule is O=C(O)[C@H](Cc1cnc[nH]1)NS(=O)(=O)c1ccc(Br)cc1. The van der Waals surface area contributed by atoms with Crippen molar-refractivity contribution in [3.05, 3.63) is 47.0 Å². The molecule has 0 saturated carbocycles. The lowest BCUT2D eigenvalue weighted by Gasteiger charge is -2.14. The van der Waals surface area contributed by atoms with Gasteiger partial charge in [-0.1, -0.05) is 15.9 Å². The largest absolute Gasteiger partial charge is 0.480 e. The van der Waals surface area contributed by atoms with E-state index in [1.807, 2.05) is 0 Å². The fourth-order valence-corrected chi connectivity index (χ4v) is 3.12. The number of halogens is 1. The van der Waals surface area contributed by atoms with E-state index < -0.39 is 22.0 Å². The zero-order chi connectivity index (χ0) is 15.5. The van der Waals surface area contributed by atoms with Crippen molar-refractivity contribution in [1.29, 1.82) is 0 Å². The summed E-state index contributed by atoms with van der Waals surface area (Å²) >= 11 is 3.21. The second-order valence-corrected chi connectivity index (χ2v) is 6.88. The topological polar surface area (TPSA) is 112 Å². The third-order valence-corrected chi connectivity index (χ3v) is 4.71. The molecule has 0 fully saturated rings. The molecule has 0 aliphatic carbocycles. The summed E-state index contributed by atoms with van der Waals surface area (Å²) < 4.78 is 27.2. The number of rotatable bonds is 6. The third-order valence-electron chi connectivity index (χ3n) is 2.70. The molecule has 0 bridgehead atoms. The number of nitrogens with zero attached hydrogens (tertiary/aromatic N) is 1. The van der Waals surface area contributed by atoms with Gasteiger partial charge in [0.05, 0.1) is 11.2 Å². The molecule has 0 spiro atoms. The number of aromatic amines is 1. The highest BCUT2D eigenvalue weighted by atomic mass is 79.9. The number of aliphatic carboxylic acids is 1. The summed E-state index contributed by atoms with van der Waals surface area (Å²) in [6, 6.07) is 4.64. The van der Waals surface area contributed by atoms with Gasteiger partial charge in [-0.05, 0) is 24.3 Å². The Morgan fingerprint density at radius 3 is 2.57 bits per heavy atom. The number of sulfonamides is 1. The smallest absolute Gasteiger partial charge is 0.322 e. The molecule has 21 heavy (non-hydrogen) atoms. The summed E-state index contributed by atoms with van der Waals surface area (Å²) in [4.78, 5) is 17.7. The van der Waals surface area contributed by atoms with Crippen LogP contribution in [-0.4, -0.2) is 35.5 Å². The summed E-state index contributed by atoms with van der Waals surface area (Å²) in [6.07, 6.45) is 2.83. The molecular weight excluding hydrogens is 362 g/mol. The van der Waals surface area contributed by atoms with Crippen LogP contribution in [-0.2, 0) is 21.2 Å². The van der Waals surface area contributed by atoms with Crippen LogP contribution in [0.2, 0.25) is 0 Å². The minimum absolute atomic E-state index is 0.00145. The Balaban J connectivity index is 2.19. The monoisotopic (exact) mass is 373 g/mol. The van der Waals surface area contributed by atoms with Gasteiger partial charge in [-0.2, -0.15) is 4.72 Å². The molecular formula is C12H12BrN3O4S. The molecule has 7 nitrogen and oxygen atoms in total. The van der Waals surface area contributed by atoms with Crippen LogP contribution >= 0.6 is 15.9 Å². The van der Waals surface area contributed by atoms with Crippen LogP contribution < -0.4 is 4.72 Å². The average molecular weight is 374 g/mol. The van der Waals surface area contributed by atoms with Crippen LogP contribution in [0.4, 0.5) is 0 Å². The molecule has 0 saturated heterocycles. The Kier molecular flexibility index (Phi) is 4.76. The van der Waals surface area contributed by atoms with Crippen molar-refractivity contribution >= 4 is 31.9 Å². The molecule has 0 aliphatic heterocycles. The first-order valence-electron chi connectivity index (χ1n) is 5.86. The van der Waals surface area contributed by atoms with Crippen molar-refractivity contribution in [2.24, 2.45) is 0 Å². The van der Waals surface area contributed by atoms with Crippen LogP contribution in [0.15, 0.2) is 46.2 Å². The van der Waals surface area contributed by atoms with Crippen molar-refractivity contribution < 1.29 is 18.3 Å². The first-order chi connectivity index (χ1) is 9.88. The standard InChI is InChI=1S/C12H12BrN3O4S/c13-8-1-3-10(4-2-8)21(19,20)16-11(12(17)18)5-9-6-14-7-15-9/h1-4,6-7,11,16H,5H2,(H,14,15)(H,17,18)/t11-/m0/s1. The maximum absolute atomic E-state index is 12.2. The fourth-order valence-electron chi connectivity index (χ4n) is 1.66. The van der Waals surface area contributed by atoms with Gasteiger partial charge in [-0.3, -0.25) is 4.79 Å². The Hall–Kier alpha value is -1.71. The molecule has 9 heteroatoms. The molecule has 2 rings (SSSR count). The Morgan fingerprint density at radius 2 is 2.05 bits per heavy atom. The molecule has 0 amide bonds. The molecule has 2 aromatic rings. The van der Waals surface area contributed by atoms with Gasteiger partial charge in [0.2, 0.25) is 10.0 Å². The van der Waals surface area contributed by atoms with Gasteiger partial charge in [0, 0.05) is 22.8 Å². The number of hydrogen-bond acceptors (Lipinski definition) is 4. The molecule has 0 unspecified atom stereocenters. The number of carboxylic acids is 1. The number of carboxylic acid groups (broad SMARTS) is 1. The maximum Gasteiger partial charge on any atom is 0.322 e. The van der Waals surface area contributed by atoms with Crippen molar-refractivity contribution in [3.8, 4) is 0 Å². The van der Waals surface area contributed by atoms with Crippen LogP contribution in [0, 0.1) is 0 Å². The van der Waals surface area contributed by atoms with Gasteiger partial charge in [-0.25, -0.2) is 13.4 Å². The number of aromatic nitrogens is 2. The van der Waals surface area contributed by atoms with Gasteiger partial charge in [0.15, 0.2) is 0 Å². The zero-order valence-electron chi connectivity index (χ0n) is 10.7. The van der Waals surface area contributed by atoms with Crippen LogP contribution in [0.1, 0.15) is 5.69 Å². The van der Waals surface area contributed by atoms with Crippen LogP contribution in [0.5, 0.6) is 0 Å². The van der Waals surface area contributed by atoms with Gasteiger partial charge in [0.1, 0.15) is 6.04 Å². The average Bonchev–Trinajstić information content (AvgIpc) is 2.91. The molecule has 1 heterocycles. The second-order valence-electron chi connectivity index (χ2n) is 4.25. The van der Waals surface area contributed by atoms with Crippen LogP contribution in [0.3, 0.4) is 0 Å². The lowest BCUT2D eigenvalue weighted by atomic mass is 10.2. The second kappa shape index (κ2) is 6.37. The lowest BCUT2D eigenvalue weighted by molar-refractivity contribution is -0.138. The predicted octanol–water partition coefficient (Wildman–Crippen LogP) is 1.15. The van der Waals surface area contributed by atoms with E-state index in [1.165, 1.54) is 24.7 Å². The summed E-state index contributed by atoms with van der Waals surface area (Å²) in [5, 5.41) is 9.16. The highest BCUT2D eigenvalue weighted by Gasteiger charge is 2.26. The summed E-state index contributed by atoms with van der Waals surface area (Å²) in [7, 11) is -3.91. The number of nitrogens with one attached hydrogen (secondary N) is 2. The van der Waals surface area contributed by atoms with E-state index in [9.17, 15) is 13.2 Å². The zero-order valence-corrected chi connectivity index (χ0v) is 13.1. The molecule has 112 valence electrons. The third kappa shape index (κ3) is 4.13. The summed E-state index contributed by atoms with van der Waals surface area (Å²) in [5.74, 6) is -1.26. The Bertz CT molecular complexity index is 713. The number of carbonyl (C=O) groups is 1. The molecule has 0 radical (unpaired) electrons. The van der Waals surface area contributed by atoms with Gasteiger partial charge < -0.3 is 10.1 Å². The maximum atomic E-state index is 12.2. The van der Waals surface area contributed by atoms with E-state index in [2.05, 4.69) is 30.6 Å². The Labute approximate surface area is 129 Å². The molecule has 1 aromatic heterocycles. The predicted molar refractivity (Wildman–Crippen MR) is 78.2 cm³/mol. The Morgan fingerprint density at radius 1 is 1.38 bits per heavy atom. The fraction of sp³-hybridized carbons (Fsp3) is 0.167. The number of imidazole rings is 1. The van der Waals surface area contributed by atoms with Crippen molar-refractivity contribution in [2.45, 2.75) is 17.4 Å². The molecule has 0 aliphatic rings. The minimum Gasteiger partial charge on any atom is -0.480 e. The number of H-pyrrole nitrogens is 1.